The molecule has 4 aromatic rings. The van der Waals surface area contributed by atoms with E-state index in [4.69, 9.17) is 0 Å². The molecule has 6 nitrogen and oxygen atoms in total. The minimum absolute atomic E-state index is 0. The van der Waals surface area contributed by atoms with Crippen LogP contribution in [-0.4, -0.2) is 34.9 Å². The Hall–Kier alpha value is -3.64. The van der Waals surface area contributed by atoms with Crippen LogP contribution < -0.4 is 34.2 Å². The number of carboxylic acid groups (broad SMARTS) is 1. The molecule has 1 amide bonds. The summed E-state index contributed by atoms with van der Waals surface area (Å²) in [5, 5.41) is 14.3. The summed E-state index contributed by atoms with van der Waals surface area (Å²) in [7, 11) is 0. The molecule has 0 radical (unpaired) electrons. The van der Waals surface area contributed by atoms with Gasteiger partial charge in [0.15, 0.2) is 0 Å². The number of thioether (sulfide) groups is 1. The number of nitrogens with zero attached hydrogens (tertiary/aromatic N) is 2. The first kappa shape index (κ1) is 32.9. The molecule has 0 spiro atoms. The average Bonchev–Trinajstić information content (AvgIpc) is 2.95. The molecule has 0 aliphatic heterocycles. The second kappa shape index (κ2) is 15.5. The van der Waals surface area contributed by atoms with Gasteiger partial charge in [-0.1, -0.05) is 36.4 Å². The molecule has 1 aromatic heterocycles. The van der Waals surface area contributed by atoms with E-state index in [2.05, 4.69) is 10.3 Å². The molecular formula is C32H30F2LiN3O3S. The quantitative estimate of drug-likeness (QED) is 0.258. The van der Waals surface area contributed by atoms with Crippen molar-refractivity contribution in [3.63, 3.8) is 0 Å². The van der Waals surface area contributed by atoms with Gasteiger partial charge in [0.05, 0.1) is 12.0 Å². The Morgan fingerprint density at radius 3 is 2.31 bits per heavy atom. The number of carbonyl (C=O) groups is 2. The number of hydrogen-bond donors (Lipinski definition) is 1. The van der Waals surface area contributed by atoms with E-state index in [0.717, 1.165) is 28.3 Å². The molecule has 1 atom stereocenters. The zero-order valence-electron chi connectivity index (χ0n) is 23.8. The van der Waals surface area contributed by atoms with Crippen molar-refractivity contribution in [1.82, 2.24) is 10.3 Å². The monoisotopic (exact) mass is 581 g/mol. The summed E-state index contributed by atoms with van der Waals surface area (Å²) in [5.74, 6) is -2.68. The van der Waals surface area contributed by atoms with Crippen molar-refractivity contribution in [3.8, 4) is 11.1 Å². The van der Waals surface area contributed by atoms with Crippen LogP contribution in [0.4, 0.5) is 14.5 Å². The van der Waals surface area contributed by atoms with Crippen molar-refractivity contribution in [1.29, 1.82) is 0 Å². The largest absolute Gasteiger partial charge is 1.00 e. The predicted molar refractivity (Wildman–Crippen MR) is 156 cm³/mol. The number of hydrogen-bond acceptors (Lipinski definition) is 6. The number of pyridine rings is 1. The second-order valence-electron chi connectivity index (χ2n) is 9.67. The summed E-state index contributed by atoms with van der Waals surface area (Å²) in [5.41, 5.74) is 4.66. The molecule has 0 aliphatic rings. The van der Waals surface area contributed by atoms with E-state index in [9.17, 15) is 23.5 Å². The topological polar surface area (TPSA) is 85.4 Å². The van der Waals surface area contributed by atoms with Crippen LogP contribution in [0.25, 0.3) is 11.1 Å². The molecule has 4 rings (SSSR count). The Bertz CT molecular complexity index is 1500. The van der Waals surface area contributed by atoms with E-state index in [1.807, 2.05) is 54.5 Å². The number of nitrogens with one attached hydrogen (secondary N) is 1. The average molecular weight is 582 g/mol. The zero-order valence-corrected chi connectivity index (χ0v) is 24.6. The normalized spacial score (nSPS) is 11.3. The number of aromatic nitrogens is 1. The molecule has 1 N–H and O–H groups in total. The Morgan fingerprint density at radius 2 is 1.67 bits per heavy atom. The summed E-state index contributed by atoms with van der Waals surface area (Å²) < 4.78 is 28.4. The summed E-state index contributed by atoms with van der Waals surface area (Å²) in [6.07, 6.45) is 5.44. The van der Waals surface area contributed by atoms with Crippen LogP contribution in [-0.2, 0) is 17.9 Å². The standard InChI is InChI=1S/C32H31F2N3O3S.Li/c1-21-6-3-4-8-27(21)29-14-22(9-10-28(29)31(38)36-30(32(39)40)11-13-41-2)19-37(20-23-7-5-12-35-18-23)26-16-24(33)15-25(34)17-26;/h3-10,12,14-18,30H,11,13,19-20H2,1-2H3,(H,36,38)(H,39,40);/q;+1/p-1. The number of carboxylic acids is 1. The molecule has 1 heterocycles. The molecule has 0 saturated carbocycles. The number of anilines is 1. The van der Waals surface area contributed by atoms with Crippen molar-refractivity contribution >= 4 is 29.3 Å². The van der Waals surface area contributed by atoms with E-state index < -0.39 is 29.6 Å². The van der Waals surface area contributed by atoms with Gasteiger partial charge in [-0.25, -0.2) is 8.78 Å². The van der Waals surface area contributed by atoms with Gasteiger partial charge in [-0.05, 0) is 83.5 Å². The van der Waals surface area contributed by atoms with Gasteiger partial charge in [-0.15, -0.1) is 0 Å². The summed E-state index contributed by atoms with van der Waals surface area (Å²) in [6, 6.07) is 18.8. The first-order valence-electron chi connectivity index (χ1n) is 13.0. The molecule has 212 valence electrons. The fraction of sp³-hybridized carbons (Fsp3) is 0.219. The number of halogens is 2. The Morgan fingerprint density at radius 1 is 0.952 bits per heavy atom. The molecule has 0 bridgehead atoms. The third kappa shape index (κ3) is 8.68. The molecule has 1 unspecified atom stereocenters. The van der Waals surface area contributed by atoms with Gasteiger partial charge in [0.2, 0.25) is 0 Å². The van der Waals surface area contributed by atoms with Crippen LogP contribution in [0.1, 0.15) is 33.5 Å². The molecule has 3 aromatic carbocycles. The first-order chi connectivity index (χ1) is 19.7. The summed E-state index contributed by atoms with van der Waals surface area (Å²) >= 11 is 1.48. The molecular weight excluding hydrogens is 551 g/mol. The van der Waals surface area contributed by atoms with Crippen molar-refractivity contribution in [2.45, 2.75) is 32.5 Å². The maximum Gasteiger partial charge on any atom is 1.00 e. The Labute approximate surface area is 260 Å². The number of aryl methyl sites for hydroxylation is 1. The van der Waals surface area contributed by atoms with Crippen molar-refractivity contribution in [2.75, 3.05) is 16.9 Å². The van der Waals surface area contributed by atoms with E-state index >= 15 is 0 Å². The molecule has 0 fully saturated rings. The van der Waals surface area contributed by atoms with E-state index in [0.29, 0.717) is 29.1 Å². The fourth-order valence-corrected chi connectivity index (χ4v) is 5.07. The number of benzene rings is 3. The van der Waals surface area contributed by atoms with Crippen LogP contribution in [0.3, 0.4) is 0 Å². The van der Waals surface area contributed by atoms with Crippen LogP contribution in [0.5, 0.6) is 0 Å². The SMILES string of the molecule is CSCCC(NC(=O)c1ccc(CN(Cc2cccnc2)c2cc(F)cc(F)c2)cc1-c1ccccc1C)C(=O)[O-].[Li+]. The van der Waals surface area contributed by atoms with E-state index in [1.54, 1.807) is 30.6 Å². The first-order valence-corrected chi connectivity index (χ1v) is 14.4. The van der Waals surface area contributed by atoms with Crippen LogP contribution in [0.2, 0.25) is 0 Å². The fourth-order valence-electron chi connectivity index (χ4n) is 4.60. The third-order valence-electron chi connectivity index (χ3n) is 6.65. The van der Waals surface area contributed by atoms with Crippen LogP contribution in [0, 0.1) is 18.6 Å². The van der Waals surface area contributed by atoms with Gasteiger partial charge < -0.3 is 20.1 Å². The molecule has 0 saturated heterocycles. The number of carbonyl (C=O) groups excluding carboxylic acids is 2. The maximum absolute atomic E-state index is 14.2. The molecule has 42 heavy (non-hydrogen) atoms. The van der Waals surface area contributed by atoms with Gasteiger partial charge in [0.1, 0.15) is 11.6 Å². The predicted octanol–water partition coefficient (Wildman–Crippen LogP) is 2.15. The van der Waals surface area contributed by atoms with Crippen LogP contribution >= 0.6 is 11.8 Å². The number of aliphatic carboxylic acids is 1. The summed E-state index contributed by atoms with van der Waals surface area (Å²) in [4.78, 5) is 31.1. The molecule has 0 aliphatic carbocycles. The van der Waals surface area contributed by atoms with Crippen molar-refractivity contribution < 1.29 is 42.3 Å². The van der Waals surface area contributed by atoms with Crippen molar-refractivity contribution in [3.05, 3.63) is 119 Å². The van der Waals surface area contributed by atoms with Gasteiger partial charge in [-0.3, -0.25) is 9.78 Å². The summed E-state index contributed by atoms with van der Waals surface area (Å²) in [6.45, 7) is 2.53. The minimum Gasteiger partial charge on any atom is -0.548 e. The maximum atomic E-state index is 14.2. The number of amides is 1. The van der Waals surface area contributed by atoms with Gasteiger partial charge in [0.25, 0.3) is 5.91 Å². The number of rotatable bonds is 12. The zero-order chi connectivity index (χ0) is 29.4. The smallest absolute Gasteiger partial charge is 0.548 e. The van der Waals surface area contributed by atoms with Gasteiger partial charge in [0, 0.05) is 42.8 Å². The third-order valence-corrected chi connectivity index (χ3v) is 7.29. The second-order valence-corrected chi connectivity index (χ2v) is 10.7. The van der Waals surface area contributed by atoms with E-state index in [-0.39, 0.29) is 31.8 Å². The van der Waals surface area contributed by atoms with Crippen LogP contribution in [0.15, 0.2) is 85.2 Å². The Kier molecular flexibility index (Phi) is 12.2. The van der Waals surface area contributed by atoms with Crippen molar-refractivity contribution in [2.24, 2.45) is 0 Å². The molecule has 10 heteroatoms. The Balaban J connectivity index is 0.00000484. The van der Waals surface area contributed by atoms with Gasteiger partial charge >= 0.3 is 18.9 Å². The minimum atomic E-state index is -1.34. The van der Waals surface area contributed by atoms with E-state index in [1.165, 1.54) is 23.9 Å². The van der Waals surface area contributed by atoms with Gasteiger partial charge in [-0.2, -0.15) is 11.8 Å².